The Morgan fingerprint density at radius 2 is 2.07 bits per heavy atom. The predicted molar refractivity (Wildman–Crippen MR) is 120 cm³/mol. The van der Waals surface area contributed by atoms with Gasteiger partial charge in [0.25, 0.3) is 11.2 Å². The van der Waals surface area contributed by atoms with Gasteiger partial charge in [0.1, 0.15) is 11.6 Å². The maximum atomic E-state index is 13.2. The van der Waals surface area contributed by atoms with E-state index in [1.54, 1.807) is 12.1 Å². The van der Waals surface area contributed by atoms with Crippen LogP contribution in [0.15, 0.2) is 50.8 Å². The molecule has 0 aliphatic carbocycles. The molecule has 0 saturated carbocycles. The quantitative estimate of drug-likeness (QED) is 0.277. The molecule has 0 radical (unpaired) electrons. The van der Waals surface area contributed by atoms with Crippen LogP contribution < -0.4 is 10.3 Å². The van der Waals surface area contributed by atoms with Gasteiger partial charge in [0, 0.05) is 28.1 Å². The first-order valence-corrected chi connectivity index (χ1v) is 10.3. The monoisotopic (exact) mass is 472 g/mol. The number of nitro benzene ring substituents is 1. The third-order valence-electron chi connectivity index (χ3n) is 4.70. The van der Waals surface area contributed by atoms with Gasteiger partial charge in [0.15, 0.2) is 0 Å². The van der Waals surface area contributed by atoms with Gasteiger partial charge in [-0.25, -0.2) is 4.98 Å². The topological polar surface area (TPSA) is 99.6 Å². The Balaban J connectivity index is 2.20. The summed E-state index contributed by atoms with van der Waals surface area (Å²) in [4.78, 5) is 28.5. The fourth-order valence-corrected chi connectivity index (χ4v) is 3.30. The number of non-ortho nitro benzene ring substituents is 1. The Bertz CT molecular complexity index is 1190. The molecule has 156 valence electrons. The molecule has 8 nitrogen and oxygen atoms in total. The minimum Gasteiger partial charge on any atom is -0.493 e. The lowest BCUT2D eigenvalue weighted by Gasteiger charge is -2.14. The zero-order chi connectivity index (χ0) is 21.8. The molecule has 1 aromatic heterocycles. The van der Waals surface area contributed by atoms with Crippen LogP contribution in [0.25, 0.3) is 10.9 Å². The number of fused-ring (bicyclic) bond motifs is 1. The van der Waals surface area contributed by atoms with Crippen molar-refractivity contribution in [3.8, 4) is 5.75 Å². The number of ether oxygens (including phenoxy) is 1. The molecule has 0 spiro atoms. The van der Waals surface area contributed by atoms with Gasteiger partial charge >= 0.3 is 0 Å². The van der Waals surface area contributed by atoms with Crippen molar-refractivity contribution in [2.75, 3.05) is 6.61 Å². The van der Waals surface area contributed by atoms with Crippen LogP contribution >= 0.6 is 15.9 Å². The van der Waals surface area contributed by atoms with Crippen molar-refractivity contribution in [3.05, 3.63) is 72.7 Å². The molecule has 3 rings (SSSR count). The summed E-state index contributed by atoms with van der Waals surface area (Å²) >= 11 is 3.38. The van der Waals surface area contributed by atoms with E-state index in [9.17, 15) is 14.9 Å². The number of rotatable bonds is 7. The second-order valence-electron chi connectivity index (χ2n) is 6.71. The van der Waals surface area contributed by atoms with Crippen LogP contribution in [-0.4, -0.2) is 27.4 Å². The van der Waals surface area contributed by atoms with Crippen LogP contribution in [0.1, 0.15) is 44.5 Å². The molecule has 0 saturated heterocycles. The van der Waals surface area contributed by atoms with Crippen molar-refractivity contribution in [3.63, 3.8) is 0 Å². The molecule has 3 aromatic rings. The van der Waals surface area contributed by atoms with Crippen molar-refractivity contribution in [1.29, 1.82) is 0 Å². The minimum atomic E-state index is -0.487. The average Bonchev–Trinajstić information content (AvgIpc) is 2.73. The average molecular weight is 473 g/mol. The summed E-state index contributed by atoms with van der Waals surface area (Å²) < 4.78 is 7.58. The van der Waals surface area contributed by atoms with Crippen LogP contribution in [0.2, 0.25) is 0 Å². The van der Waals surface area contributed by atoms with Crippen molar-refractivity contribution < 1.29 is 9.66 Å². The summed E-state index contributed by atoms with van der Waals surface area (Å²) in [6, 6.07) is 9.59. The van der Waals surface area contributed by atoms with Crippen molar-refractivity contribution in [2.45, 2.75) is 33.1 Å². The molecular weight excluding hydrogens is 452 g/mol. The highest BCUT2D eigenvalue weighted by Gasteiger charge is 2.16. The molecule has 0 aliphatic rings. The molecule has 0 aliphatic heterocycles. The maximum Gasteiger partial charge on any atom is 0.282 e. The third-order valence-corrected chi connectivity index (χ3v) is 5.20. The minimum absolute atomic E-state index is 0.0145. The SMILES string of the molecule is CCOc1ccc([N+](=O)[O-])cc1C=Nn1c([C@@H](C)CC)nc2ccc(Br)cc2c1=O. The number of hydrogen-bond donors (Lipinski definition) is 0. The summed E-state index contributed by atoms with van der Waals surface area (Å²) in [5.74, 6) is 0.956. The van der Waals surface area contributed by atoms with Gasteiger partial charge in [-0.2, -0.15) is 9.78 Å². The number of benzene rings is 2. The van der Waals surface area contributed by atoms with Crippen LogP contribution in [0.3, 0.4) is 0 Å². The highest BCUT2D eigenvalue weighted by Crippen LogP contribution is 2.24. The van der Waals surface area contributed by atoms with E-state index >= 15 is 0 Å². The second kappa shape index (κ2) is 9.17. The molecule has 0 fully saturated rings. The molecule has 30 heavy (non-hydrogen) atoms. The highest BCUT2D eigenvalue weighted by atomic mass is 79.9. The number of nitrogens with zero attached hydrogens (tertiary/aromatic N) is 4. The van der Waals surface area contributed by atoms with Gasteiger partial charge in [-0.3, -0.25) is 14.9 Å². The van der Waals surface area contributed by atoms with E-state index in [0.29, 0.717) is 34.6 Å². The molecule has 1 atom stereocenters. The lowest BCUT2D eigenvalue weighted by Crippen LogP contribution is -2.23. The number of halogens is 1. The van der Waals surface area contributed by atoms with Gasteiger partial charge in [-0.05, 0) is 37.6 Å². The van der Waals surface area contributed by atoms with E-state index in [-0.39, 0.29) is 17.2 Å². The Morgan fingerprint density at radius 1 is 1.30 bits per heavy atom. The van der Waals surface area contributed by atoms with Crippen LogP contribution in [0.5, 0.6) is 5.75 Å². The van der Waals surface area contributed by atoms with Crippen LogP contribution in [0, 0.1) is 10.1 Å². The number of hydrogen-bond acceptors (Lipinski definition) is 6. The maximum absolute atomic E-state index is 13.2. The Kier molecular flexibility index (Phi) is 6.61. The fraction of sp³-hybridized carbons (Fsp3) is 0.286. The summed E-state index contributed by atoms with van der Waals surface area (Å²) in [7, 11) is 0. The Hall–Kier alpha value is -3.07. The molecule has 9 heteroatoms. The number of aromatic nitrogens is 2. The second-order valence-corrected chi connectivity index (χ2v) is 7.63. The fourth-order valence-electron chi connectivity index (χ4n) is 2.94. The van der Waals surface area contributed by atoms with Crippen molar-refractivity contribution >= 4 is 38.7 Å². The first-order valence-electron chi connectivity index (χ1n) is 9.53. The van der Waals surface area contributed by atoms with Crippen molar-refractivity contribution in [2.24, 2.45) is 5.10 Å². The van der Waals surface area contributed by atoms with Gasteiger partial charge in [0.2, 0.25) is 0 Å². The molecular formula is C21H21BrN4O4. The molecule has 1 heterocycles. The first-order chi connectivity index (χ1) is 14.3. The number of nitro groups is 1. The molecule has 0 amide bonds. The van der Waals surface area contributed by atoms with E-state index in [0.717, 1.165) is 10.9 Å². The van der Waals surface area contributed by atoms with Gasteiger partial charge in [-0.15, -0.1) is 0 Å². The normalized spacial score (nSPS) is 12.4. The van der Waals surface area contributed by atoms with E-state index in [1.807, 2.05) is 26.8 Å². The molecule has 0 bridgehead atoms. The first kappa shape index (κ1) is 21.6. The zero-order valence-electron chi connectivity index (χ0n) is 16.8. The predicted octanol–water partition coefficient (Wildman–Crippen LogP) is 4.86. The highest BCUT2D eigenvalue weighted by molar-refractivity contribution is 9.10. The van der Waals surface area contributed by atoms with E-state index in [1.165, 1.54) is 29.1 Å². The Morgan fingerprint density at radius 3 is 2.73 bits per heavy atom. The zero-order valence-corrected chi connectivity index (χ0v) is 18.4. The molecule has 2 aromatic carbocycles. The Labute approximate surface area is 181 Å². The van der Waals surface area contributed by atoms with Crippen LogP contribution in [-0.2, 0) is 0 Å². The van der Waals surface area contributed by atoms with Gasteiger partial charge in [0.05, 0.1) is 28.6 Å². The molecule has 0 unspecified atom stereocenters. The third kappa shape index (κ3) is 4.40. The smallest absolute Gasteiger partial charge is 0.282 e. The van der Waals surface area contributed by atoms with E-state index in [2.05, 4.69) is 26.0 Å². The van der Waals surface area contributed by atoms with Crippen LogP contribution in [0.4, 0.5) is 5.69 Å². The van der Waals surface area contributed by atoms with E-state index < -0.39 is 4.92 Å². The standard InChI is InChI=1S/C21H21BrN4O4/c1-4-13(3)20-24-18-8-6-15(22)11-17(18)21(27)25(20)23-12-14-10-16(26(28)29)7-9-19(14)30-5-2/h6-13H,4-5H2,1-3H3/t13-/m0/s1. The summed E-state index contributed by atoms with van der Waals surface area (Å²) in [5.41, 5.74) is 0.601. The van der Waals surface area contributed by atoms with E-state index in [4.69, 9.17) is 4.74 Å². The summed E-state index contributed by atoms with van der Waals surface area (Å²) in [6.45, 7) is 6.18. The van der Waals surface area contributed by atoms with Gasteiger partial charge in [-0.1, -0.05) is 29.8 Å². The van der Waals surface area contributed by atoms with Gasteiger partial charge < -0.3 is 4.74 Å². The summed E-state index contributed by atoms with van der Waals surface area (Å²) in [5, 5.41) is 16.0. The largest absolute Gasteiger partial charge is 0.493 e. The molecule has 0 N–H and O–H groups in total. The summed E-state index contributed by atoms with van der Waals surface area (Å²) in [6.07, 6.45) is 2.17. The lowest BCUT2D eigenvalue weighted by atomic mass is 10.1. The lowest BCUT2D eigenvalue weighted by molar-refractivity contribution is -0.384. The van der Waals surface area contributed by atoms with Crippen molar-refractivity contribution in [1.82, 2.24) is 9.66 Å².